The van der Waals surface area contributed by atoms with Crippen LogP contribution in [0.1, 0.15) is 77.9 Å². The second-order valence-electron chi connectivity index (χ2n) is 12.3. The van der Waals surface area contributed by atoms with Crippen molar-refractivity contribution in [2.45, 2.75) is 77.3 Å². The van der Waals surface area contributed by atoms with Crippen LogP contribution in [0.3, 0.4) is 0 Å². The first-order valence-corrected chi connectivity index (χ1v) is 15.0. The zero-order valence-corrected chi connectivity index (χ0v) is 32.6. The summed E-state index contributed by atoms with van der Waals surface area (Å²) in [5.41, 5.74) is 0.892. The molecule has 1 aliphatic carbocycles. The van der Waals surface area contributed by atoms with E-state index in [-0.39, 0.29) is 69.0 Å². The first kappa shape index (κ1) is 38.9. The molecule has 0 bridgehead atoms. The van der Waals surface area contributed by atoms with Gasteiger partial charge in [0.25, 0.3) is 5.95 Å². The Kier molecular flexibility index (Phi) is 12.7. The van der Waals surface area contributed by atoms with Gasteiger partial charge in [-0.2, -0.15) is 31.1 Å². The molecule has 0 saturated heterocycles. The Morgan fingerprint density at radius 2 is 1.55 bits per heavy atom. The maximum Gasteiger partial charge on any atom is 2.00 e. The number of nitrogens with zero attached hydrogens (tertiary/aromatic N) is 6. The minimum atomic E-state index is -4.97. The summed E-state index contributed by atoms with van der Waals surface area (Å²) < 4.78 is 82.4. The van der Waals surface area contributed by atoms with Gasteiger partial charge in [-0.15, -0.1) is 5.10 Å². The number of hydrogen-bond donors (Lipinski definition) is 1. The van der Waals surface area contributed by atoms with E-state index < -0.39 is 35.5 Å². The molecule has 1 atom stereocenters. The minimum Gasteiger partial charge on any atom is -0.481 e. The molecule has 1 aliphatic heterocycles. The maximum atomic E-state index is 13.7. The molecule has 16 heteroatoms. The molecule has 2 aliphatic rings. The number of fused-ring (bicyclic) bond motifs is 1. The van der Waals surface area contributed by atoms with Crippen LogP contribution in [-0.4, -0.2) is 44.4 Å². The van der Waals surface area contributed by atoms with Crippen molar-refractivity contribution < 1.29 is 75.2 Å². The number of tetrazole rings is 1. The van der Waals surface area contributed by atoms with Crippen LogP contribution in [0.2, 0.25) is 0 Å². The predicted molar refractivity (Wildman–Crippen MR) is 155 cm³/mol. The number of rotatable bonds is 7. The van der Waals surface area contributed by atoms with Gasteiger partial charge in [0.2, 0.25) is 0 Å². The third-order valence-electron chi connectivity index (χ3n) is 8.86. The molecule has 1 aromatic heterocycles. The van der Waals surface area contributed by atoms with E-state index >= 15 is 0 Å². The van der Waals surface area contributed by atoms with Crippen molar-refractivity contribution in [1.82, 2.24) is 20.2 Å². The van der Waals surface area contributed by atoms with E-state index in [1.54, 1.807) is 4.90 Å². The number of hydrogen-bond acceptors (Lipinski definition) is 6. The number of benzene rings is 2. The van der Waals surface area contributed by atoms with Crippen molar-refractivity contribution in [3.8, 4) is 0 Å². The van der Waals surface area contributed by atoms with Crippen LogP contribution < -0.4 is 9.80 Å². The Labute approximate surface area is 294 Å². The fourth-order valence-electron chi connectivity index (χ4n) is 6.85. The molecule has 8 nitrogen and oxygen atoms in total. The number of aromatic nitrogens is 4. The van der Waals surface area contributed by atoms with Crippen molar-refractivity contribution in [2.24, 2.45) is 18.9 Å². The van der Waals surface area contributed by atoms with Gasteiger partial charge >= 0.3 is 57.3 Å². The van der Waals surface area contributed by atoms with E-state index in [4.69, 9.17) is 0 Å². The fourth-order valence-corrected chi connectivity index (χ4v) is 6.85. The SMILES string of the molecule is Cc1cc(C)c2c(c1)[C@@H](N(Cc1cc(C(F)(F)F)cc(C(F)(F)F)c1)c1nnn(C)n1)CCCN2CC1CCC(C(=O)O)CC1.[Zn+2].[Zn+2]. The van der Waals surface area contributed by atoms with Crippen LogP contribution in [0.5, 0.6) is 0 Å². The second-order valence-corrected chi connectivity index (χ2v) is 12.3. The molecular weight excluding hydrogens is 733 g/mol. The molecule has 0 spiro atoms. The summed E-state index contributed by atoms with van der Waals surface area (Å²) in [5.74, 6) is -0.690. The number of halogens is 6. The molecule has 244 valence electrons. The number of aliphatic carboxylic acids is 1. The number of carbonyl (C=O) groups is 1. The molecule has 3 aromatic rings. The smallest absolute Gasteiger partial charge is 0.481 e. The minimum absolute atomic E-state index is 0. The number of carboxylic acids is 1. The van der Waals surface area contributed by atoms with Crippen molar-refractivity contribution in [3.05, 3.63) is 63.7 Å². The summed E-state index contributed by atoms with van der Waals surface area (Å²) in [6.45, 7) is 5.04. The summed E-state index contributed by atoms with van der Waals surface area (Å²) in [6.07, 6.45) is -5.87. The number of aryl methyl sites for hydroxylation is 3. The summed E-state index contributed by atoms with van der Waals surface area (Å²) in [6, 6.07) is 5.23. The molecule has 1 saturated carbocycles. The Hall–Kier alpha value is -2.59. The Bertz CT molecular complexity index is 1510. The number of carboxylic acid groups (broad SMARTS) is 1. The van der Waals surface area contributed by atoms with Crippen LogP contribution in [0, 0.1) is 25.7 Å². The molecule has 2 heterocycles. The average Bonchev–Trinajstić information content (AvgIpc) is 3.30. The molecule has 1 N–H and O–H groups in total. The van der Waals surface area contributed by atoms with Crippen LogP contribution >= 0.6 is 0 Å². The van der Waals surface area contributed by atoms with Gasteiger partial charge in [0.15, 0.2) is 0 Å². The van der Waals surface area contributed by atoms with Gasteiger partial charge in [0.05, 0.1) is 30.1 Å². The molecule has 0 unspecified atom stereocenters. The largest absolute Gasteiger partial charge is 2.00 e. The summed E-state index contributed by atoms with van der Waals surface area (Å²) in [5, 5.41) is 21.8. The van der Waals surface area contributed by atoms with E-state index in [2.05, 4.69) is 26.4 Å². The zero-order valence-electron chi connectivity index (χ0n) is 26.7. The van der Waals surface area contributed by atoms with Crippen molar-refractivity contribution in [3.63, 3.8) is 0 Å². The predicted octanol–water partition coefficient (Wildman–Crippen LogP) is 7.10. The van der Waals surface area contributed by atoms with Crippen LogP contribution in [0.25, 0.3) is 0 Å². The molecule has 5 rings (SSSR count). The van der Waals surface area contributed by atoms with Gasteiger partial charge in [0.1, 0.15) is 0 Å². The standard InChI is InChI=1S/C31H36F6N6O2.2Zn/c1-18-11-19(2)27-25(12-18)26(5-4-10-42(27)16-20-6-8-22(9-7-20)28(44)45)43(29-38-40-41(3)39-29)17-21-13-23(30(32,33)34)15-24(14-21)31(35,36)37;;/h11-15,20,22,26H,4-10,16-17H2,1-3H3,(H,44,45);;/q;2*+2/t20?,22?,26-;;/m0../s1. The zero-order chi connectivity index (χ0) is 32.7. The maximum absolute atomic E-state index is 13.7. The normalized spacial score (nSPS) is 20.0. The first-order valence-electron chi connectivity index (χ1n) is 15.0. The Morgan fingerprint density at radius 1 is 0.936 bits per heavy atom. The van der Waals surface area contributed by atoms with Crippen molar-refractivity contribution in [2.75, 3.05) is 22.9 Å². The van der Waals surface area contributed by atoms with Gasteiger partial charge in [-0.05, 0) is 98.4 Å². The van der Waals surface area contributed by atoms with Crippen LogP contribution in [0.15, 0.2) is 30.3 Å². The van der Waals surface area contributed by atoms with Crippen LogP contribution in [0.4, 0.5) is 38.0 Å². The van der Waals surface area contributed by atoms with Gasteiger partial charge in [-0.25, -0.2) is 0 Å². The van der Waals surface area contributed by atoms with E-state index in [1.165, 1.54) is 11.8 Å². The Balaban J connectivity index is 0.00000300. The summed E-state index contributed by atoms with van der Waals surface area (Å²) in [7, 11) is 1.54. The van der Waals surface area contributed by atoms with Gasteiger partial charge < -0.3 is 14.9 Å². The molecule has 47 heavy (non-hydrogen) atoms. The molecule has 0 amide bonds. The van der Waals surface area contributed by atoms with Crippen molar-refractivity contribution in [1.29, 1.82) is 0 Å². The number of alkyl halides is 6. The topological polar surface area (TPSA) is 87.4 Å². The quantitative estimate of drug-likeness (QED) is 0.203. The third kappa shape index (κ3) is 9.11. The average molecular weight is 769 g/mol. The molecular formula is C31H36F6N6O2Zn2+4. The van der Waals surface area contributed by atoms with Crippen molar-refractivity contribution >= 4 is 17.6 Å². The van der Waals surface area contributed by atoms with E-state index in [0.717, 1.165) is 53.9 Å². The van der Waals surface area contributed by atoms with Gasteiger partial charge in [-0.1, -0.05) is 22.8 Å². The monoisotopic (exact) mass is 766 g/mol. The van der Waals surface area contributed by atoms with E-state index in [0.29, 0.717) is 38.1 Å². The van der Waals surface area contributed by atoms with Crippen LogP contribution in [-0.2, 0) is 69.7 Å². The van der Waals surface area contributed by atoms with E-state index in [1.807, 2.05) is 19.9 Å². The molecule has 1 fully saturated rings. The van der Waals surface area contributed by atoms with Gasteiger partial charge in [-0.3, -0.25) is 4.79 Å². The molecule has 0 radical (unpaired) electrons. The first-order chi connectivity index (χ1) is 21.1. The Morgan fingerprint density at radius 3 is 2.09 bits per heavy atom. The van der Waals surface area contributed by atoms with E-state index in [9.17, 15) is 36.2 Å². The number of anilines is 2. The fraction of sp³-hybridized carbons (Fsp3) is 0.548. The second kappa shape index (κ2) is 15.3. The third-order valence-corrected chi connectivity index (χ3v) is 8.86. The summed E-state index contributed by atoms with van der Waals surface area (Å²) in [4.78, 5) is 16.6. The van der Waals surface area contributed by atoms with Gasteiger partial charge in [0, 0.05) is 25.3 Å². The molecule has 2 aromatic carbocycles. The summed E-state index contributed by atoms with van der Waals surface area (Å²) >= 11 is 0.